The number of amides is 1. The molecule has 0 aromatic carbocycles. The van der Waals surface area contributed by atoms with Gasteiger partial charge in [-0.1, -0.05) is 0 Å². The van der Waals surface area contributed by atoms with Crippen LogP contribution in [0.2, 0.25) is 0 Å². The van der Waals surface area contributed by atoms with Gasteiger partial charge in [0, 0.05) is 19.0 Å². The lowest BCUT2D eigenvalue weighted by molar-refractivity contribution is -0.119. The number of nitrogens with zero attached hydrogens (tertiary/aromatic N) is 3. The van der Waals surface area contributed by atoms with Crippen molar-refractivity contribution in [2.75, 3.05) is 17.2 Å². The first-order chi connectivity index (χ1) is 7.72. The molecule has 5 heteroatoms. The smallest absolute Gasteiger partial charge is 0.227 e. The first-order valence-corrected chi connectivity index (χ1v) is 5.18. The van der Waals surface area contributed by atoms with E-state index in [9.17, 15) is 4.79 Å². The zero-order valence-electron chi connectivity index (χ0n) is 8.81. The number of carbonyl (C=O) groups is 1. The Labute approximate surface area is 93.5 Å². The van der Waals surface area contributed by atoms with Gasteiger partial charge in [-0.15, -0.1) is 0 Å². The van der Waals surface area contributed by atoms with Crippen molar-refractivity contribution in [1.82, 2.24) is 4.98 Å². The summed E-state index contributed by atoms with van der Waals surface area (Å²) in [4.78, 5) is 17.3. The van der Waals surface area contributed by atoms with Crippen molar-refractivity contribution < 1.29 is 4.79 Å². The summed E-state index contributed by atoms with van der Waals surface area (Å²) in [6.07, 6.45) is 3.91. The van der Waals surface area contributed by atoms with Gasteiger partial charge in [0.15, 0.2) is 0 Å². The number of anilines is 2. The highest BCUT2D eigenvalue weighted by Gasteiger charge is 2.22. The summed E-state index contributed by atoms with van der Waals surface area (Å²) in [5.41, 5.74) is 6.48. The van der Waals surface area contributed by atoms with Gasteiger partial charge in [0.05, 0.1) is 17.4 Å². The van der Waals surface area contributed by atoms with E-state index in [1.807, 2.05) is 6.07 Å². The normalized spacial score (nSPS) is 15.9. The van der Waals surface area contributed by atoms with Gasteiger partial charge in [-0.25, -0.2) is 4.98 Å². The summed E-state index contributed by atoms with van der Waals surface area (Å²) in [5, 5.41) is 8.99. The van der Waals surface area contributed by atoms with Crippen LogP contribution in [-0.4, -0.2) is 17.4 Å². The van der Waals surface area contributed by atoms with Crippen molar-refractivity contribution in [3.8, 4) is 6.07 Å². The van der Waals surface area contributed by atoms with Crippen molar-refractivity contribution in [3.05, 3.63) is 17.8 Å². The topological polar surface area (TPSA) is 83.0 Å². The molecule has 2 N–H and O–H groups in total. The molecular formula is C11H12N4O. The van der Waals surface area contributed by atoms with E-state index in [0.717, 1.165) is 12.8 Å². The lowest BCUT2D eigenvalue weighted by Crippen LogP contribution is -2.35. The maximum atomic E-state index is 11.7. The Hall–Kier alpha value is -2.09. The van der Waals surface area contributed by atoms with Crippen molar-refractivity contribution in [3.63, 3.8) is 0 Å². The molecule has 1 aromatic heterocycles. The van der Waals surface area contributed by atoms with Crippen LogP contribution in [0.15, 0.2) is 12.3 Å². The SMILES string of the molecule is N#Cc1cc(N)ncc1N1CCCCC1=O. The van der Waals surface area contributed by atoms with E-state index in [-0.39, 0.29) is 5.91 Å². The molecule has 2 heterocycles. The fourth-order valence-corrected chi connectivity index (χ4v) is 1.83. The monoisotopic (exact) mass is 216 g/mol. The molecule has 82 valence electrons. The van der Waals surface area contributed by atoms with E-state index in [1.165, 1.54) is 12.3 Å². The summed E-state index contributed by atoms with van der Waals surface area (Å²) in [6, 6.07) is 3.54. The standard InChI is InChI=1S/C11H12N4O/c12-6-8-5-10(13)14-7-9(8)15-4-2-1-3-11(15)16/h5,7H,1-4H2,(H2,13,14). The quantitative estimate of drug-likeness (QED) is 0.760. The van der Waals surface area contributed by atoms with Crippen LogP contribution in [0, 0.1) is 11.3 Å². The molecule has 16 heavy (non-hydrogen) atoms. The molecule has 0 unspecified atom stereocenters. The molecule has 0 saturated carbocycles. The van der Waals surface area contributed by atoms with Gasteiger partial charge < -0.3 is 10.6 Å². The van der Waals surface area contributed by atoms with Crippen LogP contribution in [0.25, 0.3) is 0 Å². The van der Waals surface area contributed by atoms with Crippen LogP contribution in [0.1, 0.15) is 24.8 Å². The minimum Gasteiger partial charge on any atom is -0.384 e. The van der Waals surface area contributed by atoms with E-state index in [2.05, 4.69) is 4.98 Å². The molecule has 1 aliphatic rings. The number of piperidine rings is 1. The number of aromatic nitrogens is 1. The minimum absolute atomic E-state index is 0.0503. The predicted octanol–water partition coefficient (Wildman–Crippen LogP) is 1.05. The van der Waals surface area contributed by atoms with Gasteiger partial charge in [0.25, 0.3) is 0 Å². The molecule has 5 nitrogen and oxygen atoms in total. The third-order valence-corrected chi connectivity index (χ3v) is 2.64. The highest BCUT2D eigenvalue weighted by Crippen LogP contribution is 2.24. The van der Waals surface area contributed by atoms with Crippen LogP contribution in [-0.2, 0) is 4.79 Å². The highest BCUT2D eigenvalue weighted by atomic mass is 16.2. The number of hydrogen-bond donors (Lipinski definition) is 1. The number of nitrogen functional groups attached to an aromatic ring is 1. The number of rotatable bonds is 1. The molecule has 1 fully saturated rings. The Morgan fingerprint density at radius 1 is 1.50 bits per heavy atom. The van der Waals surface area contributed by atoms with Crippen molar-refractivity contribution in [1.29, 1.82) is 5.26 Å². The highest BCUT2D eigenvalue weighted by molar-refractivity contribution is 5.95. The lowest BCUT2D eigenvalue weighted by Gasteiger charge is -2.27. The molecule has 1 amide bonds. The summed E-state index contributed by atoms with van der Waals surface area (Å²) < 4.78 is 0. The van der Waals surface area contributed by atoms with Crippen molar-refractivity contribution in [2.45, 2.75) is 19.3 Å². The fraction of sp³-hybridized carbons (Fsp3) is 0.364. The lowest BCUT2D eigenvalue weighted by atomic mass is 10.1. The Kier molecular flexibility index (Phi) is 2.73. The molecular weight excluding hydrogens is 204 g/mol. The van der Waals surface area contributed by atoms with Gasteiger partial charge >= 0.3 is 0 Å². The van der Waals surface area contributed by atoms with Gasteiger partial charge in [0.1, 0.15) is 11.9 Å². The maximum absolute atomic E-state index is 11.7. The first kappa shape index (κ1) is 10.4. The molecule has 0 atom stereocenters. The Bertz CT molecular complexity index is 464. The second-order valence-corrected chi connectivity index (χ2v) is 3.74. The average molecular weight is 216 g/mol. The van der Waals surface area contributed by atoms with Gasteiger partial charge in [0.2, 0.25) is 5.91 Å². The fourth-order valence-electron chi connectivity index (χ4n) is 1.83. The average Bonchev–Trinajstić information content (AvgIpc) is 2.30. The Morgan fingerprint density at radius 3 is 3.00 bits per heavy atom. The largest absolute Gasteiger partial charge is 0.384 e. The van der Waals surface area contributed by atoms with Crippen LogP contribution in [0.5, 0.6) is 0 Å². The summed E-state index contributed by atoms with van der Waals surface area (Å²) in [7, 11) is 0. The molecule has 1 aromatic rings. The molecule has 0 aliphatic carbocycles. The maximum Gasteiger partial charge on any atom is 0.227 e. The van der Waals surface area contributed by atoms with Crippen molar-refractivity contribution >= 4 is 17.4 Å². The summed E-state index contributed by atoms with van der Waals surface area (Å²) >= 11 is 0. The zero-order valence-corrected chi connectivity index (χ0v) is 8.81. The molecule has 2 rings (SSSR count). The van der Waals surface area contributed by atoms with Gasteiger partial charge in [-0.05, 0) is 12.8 Å². The number of nitriles is 1. The van der Waals surface area contributed by atoms with Crippen LogP contribution in [0.4, 0.5) is 11.5 Å². The van der Waals surface area contributed by atoms with Gasteiger partial charge in [-0.3, -0.25) is 4.79 Å². The second-order valence-electron chi connectivity index (χ2n) is 3.74. The number of nitrogens with two attached hydrogens (primary N) is 1. The van der Waals surface area contributed by atoms with E-state index in [1.54, 1.807) is 4.90 Å². The molecule has 0 bridgehead atoms. The minimum atomic E-state index is 0.0503. The van der Waals surface area contributed by atoms with E-state index in [0.29, 0.717) is 30.0 Å². The number of pyridine rings is 1. The third kappa shape index (κ3) is 1.82. The van der Waals surface area contributed by atoms with Gasteiger partial charge in [-0.2, -0.15) is 5.26 Å². The number of carbonyl (C=O) groups excluding carboxylic acids is 1. The molecule has 1 saturated heterocycles. The third-order valence-electron chi connectivity index (χ3n) is 2.64. The molecule has 0 radical (unpaired) electrons. The Balaban J connectivity index is 2.39. The number of hydrogen-bond acceptors (Lipinski definition) is 4. The van der Waals surface area contributed by atoms with E-state index < -0.39 is 0 Å². The second kappa shape index (κ2) is 4.19. The summed E-state index contributed by atoms with van der Waals surface area (Å²) in [5.74, 6) is 0.346. The predicted molar refractivity (Wildman–Crippen MR) is 59.6 cm³/mol. The first-order valence-electron chi connectivity index (χ1n) is 5.18. The van der Waals surface area contributed by atoms with E-state index >= 15 is 0 Å². The molecule has 0 spiro atoms. The van der Waals surface area contributed by atoms with Crippen LogP contribution in [0.3, 0.4) is 0 Å². The van der Waals surface area contributed by atoms with Crippen LogP contribution >= 0.6 is 0 Å². The Morgan fingerprint density at radius 2 is 2.31 bits per heavy atom. The van der Waals surface area contributed by atoms with Crippen LogP contribution < -0.4 is 10.6 Å². The molecule has 1 aliphatic heterocycles. The summed E-state index contributed by atoms with van der Waals surface area (Å²) in [6.45, 7) is 0.652. The zero-order chi connectivity index (χ0) is 11.5. The van der Waals surface area contributed by atoms with Crippen molar-refractivity contribution in [2.24, 2.45) is 0 Å². The van der Waals surface area contributed by atoms with E-state index in [4.69, 9.17) is 11.0 Å².